The van der Waals surface area contributed by atoms with E-state index < -0.39 is 10.2 Å². The molecule has 4 fully saturated rings. The molecule has 4 aliphatic rings. The smallest absolute Gasteiger partial charge is 0.304 e. The lowest BCUT2D eigenvalue weighted by molar-refractivity contribution is -0.125. The molecule has 0 atom stereocenters. The van der Waals surface area contributed by atoms with Crippen molar-refractivity contribution in [3.05, 3.63) is 30.3 Å². The maximum absolute atomic E-state index is 12.9. The number of nitrogens with one attached hydrogen (secondary N) is 1. The second-order valence-electron chi connectivity index (χ2n) is 8.88. The van der Waals surface area contributed by atoms with Crippen LogP contribution in [0.5, 0.6) is 0 Å². The molecule has 148 valence electrons. The van der Waals surface area contributed by atoms with Gasteiger partial charge in [0.2, 0.25) is 5.91 Å². The van der Waals surface area contributed by atoms with Crippen LogP contribution in [0.4, 0.5) is 5.69 Å². The first-order valence-electron chi connectivity index (χ1n) is 9.84. The molecule has 1 amide bonds. The van der Waals surface area contributed by atoms with Crippen LogP contribution >= 0.6 is 0 Å². The molecular formula is C20H29N3O3S. The Labute approximate surface area is 162 Å². The molecule has 6 nitrogen and oxygen atoms in total. The second kappa shape index (κ2) is 6.78. The van der Waals surface area contributed by atoms with Crippen LogP contribution in [0.2, 0.25) is 0 Å². The number of carbonyl (C=O) groups is 1. The Bertz CT molecular complexity index is 772. The molecular weight excluding hydrogens is 362 g/mol. The SMILES string of the molecule is CN(C)S(=O)(=O)N(CC(=O)NC12CC3CC(CC(C3)C1)C2)c1ccccc1. The average molecular weight is 392 g/mol. The molecule has 5 rings (SSSR count). The first-order valence-corrected chi connectivity index (χ1v) is 11.2. The lowest BCUT2D eigenvalue weighted by Crippen LogP contribution is -2.61. The van der Waals surface area contributed by atoms with Gasteiger partial charge in [-0.25, -0.2) is 4.31 Å². The number of hydrogen-bond donors (Lipinski definition) is 1. The van der Waals surface area contributed by atoms with Crippen LogP contribution < -0.4 is 9.62 Å². The number of carbonyl (C=O) groups excluding carboxylic acids is 1. The summed E-state index contributed by atoms with van der Waals surface area (Å²) in [5.74, 6) is 1.98. The predicted octanol–water partition coefficient (Wildman–Crippen LogP) is 2.38. The molecule has 0 aliphatic heterocycles. The van der Waals surface area contributed by atoms with Crippen molar-refractivity contribution in [1.29, 1.82) is 0 Å². The van der Waals surface area contributed by atoms with E-state index in [1.165, 1.54) is 37.7 Å². The normalized spacial score (nSPS) is 31.9. The van der Waals surface area contributed by atoms with Crippen LogP contribution in [0.1, 0.15) is 38.5 Å². The van der Waals surface area contributed by atoms with E-state index in [9.17, 15) is 13.2 Å². The fraction of sp³-hybridized carbons (Fsp3) is 0.650. The second-order valence-corrected chi connectivity index (χ2v) is 10.9. The number of amides is 1. The lowest BCUT2D eigenvalue weighted by atomic mass is 9.53. The van der Waals surface area contributed by atoms with Gasteiger partial charge in [-0.2, -0.15) is 12.7 Å². The van der Waals surface area contributed by atoms with Gasteiger partial charge < -0.3 is 5.32 Å². The molecule has 0 heterocycles. The van der Waals surface area contributed by atoms with Crippen molar-refractivity contribution in [3.63, 3.8) is 0 Å². The van der Waals surface area contributed by atoms with E-state index in [2.05, 4.69) is 5.32 Å². The molecule has 4 aliphatic carbocycles. The fourth-order valence-corrected chi connectivity index (χ4v) is 6.89. The lowest BCUT2D eigenvalue weighted by Gasteiger charge is -2.57. The summed E-state index contributed by atoms with van der Waals surface area (Å²) in [6, 6.07) is 8.84. The summed E-state index contributed by atoms with van der Waals surface area (Å²) in [6.07, 6.45) is 7.07. The van der Waals surface area contributed by atoms with Crippen molar-refractivity contribution in [2.45, 2.75) is 44.1 Å². The Kier molecular flexibility index (Phi) is 4.71. The van der Waals surface area contributed by atoms with E-state index in [0.29, 0.717) is 5.69 Å². The monoisotopic (exact) mass is 391 g/mol. The first-order chi connectivity index (χ1) is 12.8. The molecule has 1 N–H and O–H groups in total. The highest BCUT2D eigenvalue weighted by atomic mass is 32.2. The molecule has 0 saturated heterocycles. The van der Waals surface area contributed by atoms with Crippen molar-refractivity contribution >= 4 is 21.8 Å². The summed E-state index contributed by atoms with van der Waals surface area (Å²) in [5.41, 5.74) is 0.391. The van der Waals surface area contributed by atoms with Crippen molar-refractivity contribution < 1.29 is 13.2 Å². The molecule has 0 unspecified atom stereocenters. The maximum Gasteiger partial charge on any atom is 0.304 e. The molecule has 1 aromatic carbocycles. The zero-order valence-electron chi connectivity index (χ0n) is 16.1. The van der Waals surface area contributed by atoms with Gasteiger partial charge in [0.1, 0.15) is 6.54 Å². The van der Waals surface area contributed by atoms with Crippen LogP contribution in [-0.4, -0.2) is 44.8 Å². The summed E-state index contributed by atoms with van der Waals surface area (Å²) in [5, 5.41) is 3.27. The molecule has 0 aromatic heterocycles. The molecule has 0 spiro atoms. The van der Waals surface area contributed by atoms with Crippen LogP contribution in [0.3, 0.4) is 0 Å². The minimum absolute atomic E-state index is 0.115. The fourth-order valence-electron chi connectivity index (χ4n) is 5.83. The third-order valence-electron chi connectivity index (χ3n) is 6.51. The first kappa shape index (κ1) is 18.7. The minimum Gasteiger partial charge on any atom is -0.349 e. The van der Waals surface area contributed by atoms with Crippen molar-refractivity contribution in [3.8, 4) is 0 Å². The molecule has 0 radical (unpaired) electrons. The number of rotatable bonds is 6. The quantitative estimate of drug-likeness (QED) is 0.809. The maximum atomic E-state index is 12.9. The van der Waals surface area contributed by atoms with E-state index in [1.54, 1.807) is 24.3 Å². The standard InChI is InChI=1S/C20H29N3O3S/c1-22(2)27(25,26)23(18-6-4-3-5-7-18)14-19(24)21-20-11-15-8-16(12-20)10-17(9-15)13-20/h3-7,15-17H,8-14H2,1-2H3,(H,21,24). The average Bonchev–Trinajstić information content (AvgIpc) is 2.58. The van der Waals surface area contributed by atoms with Gasteiger partial charge in [0, 0.05) is 19.6 Å². The van der Waals surface area contributed by atoms with Crippen molar-refractivity contribution in [2.75, 3.05) is 24.9 Å². The van der Waals surface area contributed by atoms with E-state index in [-0.39, 0.29) is 18.0 Å². The van der Waals surface area contributed by atoms with E-state index in [1.807, 2.05) is 6.07 Å². The molecule has 7 heteroatoms. The highest BCUT2D eigenvalue weighted by Gasteiger charge is 2.51. The van der Waals surface area contributed by atoms with E-state index in [4.69, 9.17) is 0 Å². The van der Waals surface area contributed by atoms with E-state index >= 15 is 0 Å². The molecule has 27 heavy (non-hydrogen) atoms. The number of benzene rings is 1. The largest absolute Gasteiger partial charge is 0.349 e. The topological polar surface area (TPSA) is 69.7 Å². The van der Waals surface area contributed by atoms with Gasteiger partial charge in [0.25, 0.3) is 0 Å². The Balaban J connectivity index is 1.53. The number of hydrogen-bond acceptors (Lipinski definition) is 3. The predicted molar refractivity (Wildman–Crippen MR) is 105 cm³/mol. The molecule has 1 aromatic rings. The van der Waals surface area contributed by atoms with Crippen molar-refractivity contribution in [2.24, 2.45) is 17.8 Å². The van der Waals surface area contributed by atoms with Gasteiger partial charge in [0.15, 0.2) is 0 Å². The third-order valence-corrected chi connectivity index (χ3v) is 8.33. The van der Waals surface area contributed by atoms with Crippen molar-refractivity contribution in [1.82, 2.24) is 9.62 Å². The van der Waals surface area contributed by atoms with Gasteiger partial charge >= 0.3 is 10.2 Å². The number of nitrogens with zero attached hydrogens (tertiary/aromatic N) is 2. The number of para-hydroxylation sites is 1. The van der Waals surface area contributed by atoms with Crippen LogP contribution in [0, 0.1) is 17.8 Å². The Morgan fingerprint density at radius 2 is 1.56 bits per heavy atom. The summed E-state index contributed by atoms with van der Waals surface area (Å²) in [7, 11) is -0.771. The Morgan fingerprint density at radius 1 is 1.04 bits per heavy atom. The van der Waals surface area contributed by atoms with Gasteiger partial charge in [-0.15, -0.1) is 0 Å². The molecule has 4 bridgehead atoms. The summed E-state index contributed by atoms with van der Waals surface area (Å²) < 4.78 is 28.0. The van der Waals surface area contributed by atoms with Gasteiger partial charge in [-0.05, 0) is 68.4 Å². The van der Waals surface area contributed by atoms with Gasteiger partial charge in [-0.1, -0.05) is 18.2 Å². The highest BCUT2D eigenvalue weighted by molar-refractivity contribution is 7.90. The minimum atomic E-state index is -3.75. The zero-order chi connectivity index (χ0) is 19.2. The Hall–Kier alpha value is -1.60. The summed E-state index contributed by atoms with van der Waals surface area (Å²) >= 11 is 0. The van der Waals surface area contributed by atoms with Gasteiger partial charge in [-0.3, -0.25) is 4.79 Å². The van der Waals surface area contributed by atoms with Crippen LogP contribution in [-0.2, 0) is 15.0 Å². The Morgan fingerprint density at radius 3 is 2.04 bits per heavy atom. The summed E-state index contributed by atoms with van der Waals surface area (Å²) in [6.45, 7) is -0.188. The van der Waals surface area contributed by atoms with E-state index in [0.717, 1.165) is 41.3 Å². The molecule has 4 saturated carbocycles. The third kappa shape index (κ3) is 3.59. The summed E-state index contributed by atoms with van der Waals surface area (Å²) in [4.78, 5) is 12.9. The zero-order valence-corrected chi connectivity index (χ0v) is 16.9. The van der Waals surface area contributed by atoms with Crippen LogP contribution in [0.15, 0.2) is 30.3 Å². The number of anilines is 1. The highest BCUT2D eigenvalue weighted by Crippen LogP contribution is 2.55. The van der Waals surface area contributed by atoms with Gasteiger partial charge in [0.05, 0.1) is 5.69 Å². The van der Waals surface area contributed by atoms with Crippen LogP contribution in [0.25, 0.3) is 0 Å².